The summed E-state index contributed by atoms with van der Waals surface area (Å²) in [4.78, 5) is 10.5. The van der Waals surface area contributed by atoms with Gasteiger partial charge in [0.25, 0.3) is 0 Å². The standard InChI is InChI=1S/C32H27FN2O3S/c33-26-19-22(31-36-17-4-18-37-31)7-12-25(26)29-34-27-13-14-28(35-30(27)39-29)32(15-16-32)23-8-10-24(11-9-23)38-20-21-5-2-1-3-6-21/h1-3,5-14,19,31H,4,15-18,20H2. The molecule has 3 aromatic carbocycles. The van der Waals surface area contributed by atoms with Crippen molar-refractivity contribution in [3.05, 3.63) is 113 Å². The molecule has 39 heavy (non-hydrogen) atoms. The molecular formula is C32H27FN2O3S. The molecule has 0 radical (unpaired) electrons. The van der Waals surface area contributed by atoms with Gasteiger partial charge in [0.1, 0.15) is 33.5 Å². The maximum atomic E-state index is 15.1. The first-order valence-electron chi connectivity index (χ1n) is 13.3. The molecule has 3 heterocycles. The third-order valence-corrected chi connectivity index (χ3v) is 8.47. The van der Waals surface area contributed by atoms with Crippen molar-refractivity contribution >= 4 is 21.7 Å². The lowest BCUT2D eigenvalue weighted by Gasteiger charge is -2.23. The van der Waals surface area contributed by atoms with E-state index in [0.717, 1.165) is 46.6 Å². The zero-order valence-corrected chi connectivity index (χ0v) is 22.1. The van der Waals surface area contributed by atoms with Crippen LogP contribution < -0.4 is 4.74 Å². The van der Waals surface area contributed by atoms with Gasteiger partial charge in [0.2, 0.25) is 0 Å². The molecule has 5 aromatic rings. The van der Waals surface area contributed by atoms with E-state index < -0.39 is 6.29 Å². The van der Waals surface area contributed by atoms with E-state index >= 15 is 4.39 Å². The van der Waals surface area contributed by atoms with Gasteiger partial charge in [-0.25, -0.2) is 14.4 Å². The van der Waals surface area contributed by atoms with Crippen molar-refractivity contribution < 1.29 is 18.6 Å². The summed E-state index contributed by atoms with van der Waals surface area (Å²) in [7, 11) is 0. The van der Waals surface area contributed by atoms with Gasteiger partial charge < -0.3 is 14.2 Å². The molecule has 2 fully saturated rings. The van der Waals surface area contributed by atoms with Gasteiger partial charge in [-0.3, -0.25) is 0 Å². The zero-order chi connectivity index (χ0) is 26.2. The van der Waals surface area contributed by atoms with Gasteiger partial charge in [-0.05, 0) is 66.8 Å². The van der Waals surface area contributed by atoms with Gasteiger partial charge >= 0.3 is 0 Å². The molecule has 0 spiro atoms. The molecule has 7 rings (SSSR count). The second kappa shape index (κ2) is 10.2. The van der Waals surface area contributed by atoms with E-state index in [1.807, 2.05) is 42.5 Å². The van der Waals surface area contributed by atoms with Gasteiger partial charge in [-0.15, -0.1) is 0 Å². The van der Waals surface area contributed by atoms with E-state index in [9.17, 15) is 0 Å². The molecule has 5 nitrogen and oxygen atoms in total. The first-order chi connectivity index (χ1) is 19.2. The van der Waals surface area contributed by atoms with Crippen LogP contribution in [0, 0.1) is 5.82 Å². The maximum Gasteiger partial charge on any atom is 0.183 e. The highest BCUT2D eigenvalue weighted by Crippen LogP contribution is 2.53. The van der Waals surface area contributed by atoms with Gasteiger partial charge in [-0.2, -0.15) is 0 Å². The Morgan fingerprint density at radius 1 is 0.897 bits per heavy atom. The number of nitrogens with zero attached hydrogens (tertiary/aromatic N) is 2. The van der Waals surface area contributed by atoms with Crippen molar-refractivity contribution in [3.63, 3.8) is 0 Å². The summed E-state index contributed by atoms with van der Waals surface area (Å²) >= 11 is 1.42. The lowest BCUT2D eigenvalue weighted by molar-refractivity contribution is -0.183. The van der Waals surface area contributed by atoms with Crippen molar-refractivity contribution in [1.29, 1.82) is 0 Å². The Hall–Kier alpha value is -3.65. The average Bonchev–Trinajstić information content (AvgIpc) is 3.69. The Balaban J connectivity index is 1.11. The molecule has 2 aromatic heterocycles. The van der Waals surface area contributed by atoms with Crippen LogP contribution in [0.5, 0.6) is 5.75 Å². The summed E-state index contributed by atoms with van der Waals surface area (Å²) in [5, 5.41) is 0.619. The topological polar surface area (TPSA) is 53.5 Å². The van der Waals surface area contributed by atoms with Crippen LogP contribution in [0.2, 0.25) is 0 Å². The van der Waals surface area contributed by atoms with E-state index in [-0.39, 0.29) is 11.2 Å². The summed E-state index contributed by atoms with van der Waals surface area (Å²) in [6.45, 7) is 1.78. The number of benzene rings is 3. The number of thiazole rings is 1. The number of fused-ring (bicyclic) bond motifs is 1. The fourth-order valence-electron chi connectivity index (χ4n) is 5.16. The number of hydrogen-bond acceptors (Lipinski definition) is 6. The van der Waals surface area contributed by atoms with E-state index in [4.69, 9.17) is 24.2 Å². The second-order valence-corrected chi connectivity index (χ2v) is 11.1. The van der Waals surface area contributed by atoms with E-state index in [1.165, 1.54) is 23.0 Å². The smallest absolute Gasteiger partial charge is 0.183 e. The summed E-state index contributed by atoms with van der Waals surface area (Å²) in [5.41, 5.74) is 5.25. The Bertz CT molecular complexity index is 1610. The summed E-state index contributed by atoms with van der Waals surface area (Å²) < 4.78 is 32.3. The van der Waals surface area contributed by atoms with E-state index in [0.29, 0.717) is 36.0 Å². The Kier molecular flexibility index (Phi) is 6.35. The van der Waals surface area contributed by atoms with Crippen LogP contribution in [0.25, 0.3) is 20.9 Å². The van der Waals surface area contributed by atoms with Crippen molar-refractivity contribution in [3.8, 4) is 16.3 Å². The lowest BCUT2D eigenvalue weighted by atomic mass is 9.92. The van der Waals surface area contributed by atoms with Crippen molar-refractivity contribution in [2.75, 3.05) is 13.2 Å². The van der Waals surface area contributed by atoms with Crippen LogP contribution in [0.15, 0.2) is 84.9 Å². The van der Waals surface area contributed by atoms with Gasteiger partial charge in [0.15, 0.2) is 6.29 Å². The number of rotatable bonds is 7. The first kappa shape index (κ1) is 24.4. The molecule has 0 unspecified atom stereocenters. The third kappa shape index (κ3) is 4.82. The number of halogens is 1. The minimum Gasteiger partial charge on any atom is -0.489 e. The fraction of sp³-hybridized carbons (Fsp3) is 0.250. The predicted octanol–water partition coefficient (Wildman–Crippen LogP) is 7.59. The molecule has 1 aliphatic heterocycles. The normalized spacial score (nSPS) is 16.8. The largest absolute Gasteiger partial charge is 0.489 e. The number of aromatic nitrogens is 2. The monoisotopic (exact) mass is 538 g/mol. The highest BCUT2D eigenvalue weighted by atomic mass is 32.1. The molecule has 1 saturated carbocycles. The first-order valence-corrected chi connectivity index (χ1v) is 14.1. The van der Waals surface area contributed by atoms with Crippen LogP contribution in [0.4, 0.5) is 4.39 Å². The molecule has 1 saturated heterocycles. The zero-order valence-electron chi connectivity index (χ0n) is 21.3. The highest BCUT2D eigenvalue weighted by molar-refractivity contribution is 7.21. The highest BCUT2D eigenvalue weighted by Gasteiger charge is 2.47. The Morgan fingerprint density at radius 3 is 2.44 bits per heavy atom. The minimum atomic E-state index is -0.513. The molecule has 196 valence electrons. The van der Waals surface area contributed by atoms with Crippen LogP contribution in [-0.4, -0.2) is 23.2 Å². The molecule has 0 N–H and O–H groups in total. The summed E-state index contributed by atoms with van der Waals surface area (Å²) in [5.74, 6) is 0.515. The molecule has 0 amide bonds. The van der Waals surface area contributed by atoms with Crippen LogP contribution >= 0.6 is 11.3 Å². The fourth-order valence-corrected chi connectivity index (χ4v) is 6.12. The lowest BCUT2D eigenvalue weighted by Crippen LogP contribution is -2.17. The minimum absolute atomic E-state index is 0.0940. The molecule has 7 heteroatoms. The quantitative estimate of drug-likeness (QED) is 0.214. The molecule has 2 aliphatic rings. The van der Waals surface area contributed by atoms with Crippen molar-refractivity contribution in [2.24, 2.45) is 0 Å². The Morgan fingerprint density at radius 2 is 1.69 bits per heavy atom. The molecule has 0 atom stereocenters. The summed E-state index contributed by atoms with van der Waals surface area (Å²) in [6.07, 6.45) is 2.43. The van der Waals surface area contributed by atoms with Crippen molar-refractivity contribution in [1.82, 2.24) is 9.97 Å². The van der Waals surface area contributed by atoms with Gasteiger partial charge in [-0.1, -0.05) is 59.9 Å². The Labute approximate surface area is 230 Å². The van der Waals surface area contributed by atoms with Crippen molar-refractivity contribution in [2.45, 2.75) is 37.6 Å². The van der Waals surface area contributed by atoms with Gasteiger partial charge in [0, 0.05) is 16.5 Å². The molecule has 0 bridgehead atoms. The number of ether oxygens (including phenoxy) is 3. The van der Waals surface area contributed by atoms with Crippen LogP contribution in [0.1, 0.15) is 47.9 Å². The average molecular weight is 539 g/mol. The predicted molar refractivity (Wildman–Crippen MR) is 149 cm³/mol. The number of hydrogen-bond donors (Lipinski definition) is 0. The van der Waals surface area contributed by atoms with E-state index in [1.54, 1.807) is 6.07 Å². The second-order valence-electron chi connectivity index (χ2n) is 10.1. The van der Waals surface area contributed by atoms with Crippen LogP contribution in [-0.2, 0) is 21.5 Å². The summed E-state index contributed by atoms with van der Waals surface area (Å²) in [6, 6.07) is 27.7. The van der Waals surface area contributed by atoms with Crippen LogP contribution in [0.3, 0.4) is 0 Å². The van der Waals surface area contributed by atoms with Gasteiger partial charge in [0.05, 0.1) is 18.9 Å². The maximum absolute atomic E-state index is 15.1. The molecular weight excluding hydrogens is 511 g/mol. The third-order valence-electron chi connectivity index (χ3n) is 7.47. The number of pyridine rings is 1. The molecule has 1 aliphatic carbocycles. The van der Waals surface area contributed by atoms with E-state index in [2.05, 4.69) is 30.3 Å². The SMILES string of the molecule is Fc1cc(C2OCCCO2)ccc1-c1nc2ccc(C3(c4ccc(OCc5ccccc5)cc4)CC3)nc2s1.